The number of benzene rings is 2. The van der Waals surface area contributed by atoms with Crippen molar-refractivity contribution in [2.24, 2.45) is 0 Å². The molecule has 0 amide bonds. The van der Waals surface area contributed by atoms with Crippen LogP contribution in [-0.4, -0.2) is 18.3 Å². The van der Waals surface area contributed by atoms with Crippen LogP contribution in [0.5, 0.6) is 0 Å². The molecule has 2 rings (SSSR count). The standard InChI is InChI=1S/C18H23NO/c1-15(17-5-3-2-4-6-17)11-13-19-18-9-7-16(8-10-18)12-14-20/h2-10,15,19-20H,11-14H2,1H3. The maximum absolute atomic E-state index is 8.88. The van der Waals surface area contributed by atoms with Gasteiger partial charge in [-0.05, 0) is 42.0 Å². The lowest BCUT2D eigenvalue weighted by Gasteiger charge is -2.13. The van der Waals surface area contributed by atoms with Crippen LogP contribution in [0.25, 0.3) is 0 Å². The van der Waals surface area contributed by atoms with Gasteiger partial charge in [0, 0.05) is 18.8 Å². The molecule has 1 unspecified atom stereocenters. The SMILES string of the molecule is CC(CCNc1ccc(CCO)cc1)c1ccccc1. The third-order valence-electron chi connectivity index (χ3n) is 3.63. The van der Waals surface area contributed by atoms with Crippen molar-refractivity contribution >= 4 is 5.69 Å². The fourth-order valence-electron chi connectivity index (χ4n) is 2.30. The zero-order valence-corrected chi connectivity index (χ0v) is 12.0. The minimum Gasteiger partial charge on any atom is -0.396 e. The number of nitrogens with one attached hydrogen (secondary N) is 1. The van der Waals surface area contributed by atoms with Crippen molar-refractivity contribution in [3.63, 3.8) is 0 Å². The van der Waals surface area contributed by atoms with Crippen LogP contribution in [0.1, 0.15) is 30.4 Å². The van der Waals surface area contributed by atoms with Gasteiger partial charge in [-0.1, -0.05) is 49.4 Å². The maximum atomic E-state index is 8.88. The summed E-state index contributed by atoms with van der Waals surface area (Å²) >= 11 is 0. The number of aliphatic hydroxyl groups is 1. The predicted octanol–water partition coefficient (Wildman–Crippen LogP) is 3.83. The molecule has 2 aromatic rings. The molecule has 0 radical (unpaired) electrons. The molecule has 2 nitrogen and oxygen atoms in total. The van der Waals surface area contributed by atoms with Crippen LogP contribution in [0.4, 0.5) is 5.69 Å². The van der Waals surface area contributed by atoms with Gasteiger partial charge in [0.1, 0.15) is 0 Å². The molecule has 2 heteroatoms. The highest BCUT2D eigenvalue weighted by atomic mass is 16.2. The largest absolute Gasteiger partial charge is 0.396 e. The van der Waals surface area contributed by atoms with E-state index in [1.807, 2.05) is 0 Å². The van der Waals surface area contributed by atoms with E-state index in [0.717, 1.165) is 25.1 Å². The molecule has 0 aliphatic heterocycles. The summed E-state index contributed by atoms with van der Waals surface area (Å²) in [5.74, 6) is 0.567. The van der Waals surface area contributed by atoms with Crippen LogP contribution >= 0.6 is 0 Å². The van der Waals surface area contributed by atoms with Crippen molar-refractivity contribution in [3.05, 3.63) is 65.7 Å². The lowest BCUT2D eigenvalue weighted by atomic mass is 9.98. The first-order valence-electron chi connectivity index (χ1n) is 7.28. The van der Waals surface area contributed by atoms with Crippen LogP contribution in [0.2, 0.25) is 0 Å². The first-order valence-corrected chi connectivity index (χ1v) is 7.28. The van der Waals surface area contributed by atoms with Gasteiger partial charge in [-0.25, -0.2) is 0 Å². The molecule has 0 fully saturated rings. The van der Waals surface area contributed by atoms with E-state index in [-0.39, 0.29) is 6.61 Å². The highest BCUT2D eigenvalue weighted by molar-refractivity contribution is 5.44. The van der Waals surface area contributed by atoms with Crippen molar-refractivity contribution in [2.45, 2.75) is 25.7 Å². The van der Waals surface area contributed by atoms with Crippen molar-refractivity contribution in [1.29, 1.82) is 0 Å². The molecule has 0 saturated carbocycles. The molecule has 0 aliphatic rings. The second kappa shape index (κ2) is 7.71. The number of hydrogen-bond acceptors (Lipinski definition) is 2. The average molecular weight is 269 g/mol. The van der Waals surface area contributed by atoms with Crippen LogP contribution in [0.3, 0.4) is 0 Å². The summed E-state index contributed by atoms with van der Waals surface area (Å²) in [6.07, 6.45) is 1.84. The molecule has 2 N–H and O–H groups in total. The molecule has 20 heavy (non-hydrogen) atoms. The molecule has 0 saturated heterocycles. The van der Waals surface area contributed by atoms with Gasteiger partial charge in [0.05, 0.1) is 0 Å². The minimum atomic E-state index is 0.210. The Morgan fingerprint density at radius 3 is 2.35 bits per heavy atom. The maximum Gasteiger partial charge on any atom is 0.0471 e. The lowest BCUT2D eigenvalue weighted by Crippen LogP contribution is -2.06. The zero-order valence-electron chi connectivity index (χ0n) is 12.0. The quantitative estimate of drug-likeness (QED) is 0.800. The molecule has 0 spiro atoms. The fraction of sp³-hybridized carbons (Fsp3) is 0.333. The number of rotatable bonds is 7. The number of aliphatic hydroxyl groups excluding tert-OH is 1. The Morgan fingerprint density at radius 1 is 1.00 bits per heavy atom. The highest BCUT2D eigenvalue weighted by Gasteiger charge is 2.04. The summed E-state index contributed by atoms with van der Waals surface area (Å²) in [6, 6.07) is 18.9. The van der Waals surface area contributed by atoms with Gasteiger partial charge in [0.15, 0.2) is 0 Å². The Morgan fingerprint density at radius 2 is 1.70 bits per heavy atom. The van der Waals surface area contributed by atoms with E-state index in [0.29, 0.717) is 5.92 Å². The van der Waals surface area contributed by atoms with E-state index in [1.165, 1.54) is 11.1 Å². The van der Waals surface area contributed by atoms with Crippen LogP contribution < -0.4 is 5.32 Å². The van der Waals surface area contributed by atoms with Crippen molar-refractivity contribution in [1.82, 2.24) is 0 Å². The summed E-state index contributed by atoms with van der Waals surface area (Å²) in [7, 11) is 0. The van der Waals surface area contributed by atoms with Gasteiger partial charge in [-0.3, -0.25) is 0 Å². The molecule has 0 aliphatic carbocycles. The van der Waals surface area contributed by atoms with Gasteiger partial charge in [0.25, 0.3) is 0 Å². The zero-order chi connectivity index (χ0) is 14.2. The summed E-state index contributed by atoms with van der Waals surface area (Å²) in [4.78, 5) is 0. The molecule has 1 atom stereocenters. The summed E-state index contributed by atoms with van der Waals surface area (Å²) < 4.78 is 0. The van der Waals surface area contributed by atoms with E-state index in [2.05, 4.69) is 66.8 Å². The third-order valence-corrected chi connectivity index (χ3v) is 3.63. The molecule has 0 bridgehead atoms. The normalized spacial score (nSPS) is 12.1. The Kier molecular flexibility index (Phi) is 5.63. The van der Waals surface area contributed by atoms with E-state index in [4.69, 9.17) is 5.11 Å². The second-order valence-corrected chi connectivity index (χ2v) is 5.20. The van der Waals surface area contributed by atoms with E-state index in [9.17, 15) is 0 Å². The molecule has 106 valence electrons. The first kappa shape index (κ1) is 14.6. The fourth-order valence-corrected chi connectivity index (χ4v) is 2.30. The Hall–Kier alpha value is -1.80. The van der Waals surface area contributed by atoms with Gasteiger partial charge in [-0.2, -0.15) is 0 Å². The van der Waals surface area contributed by atoms with Crippen molar-refractivity contribution < 1.29 is 5.11 Å². The van der Waals surface area contributed by atoms with Gasteiger partial charge in [-0.15, -0.1) is 0 Å². The van der Waals surface area contributed by atoms with E-state index < -0.39 is 0 Å². The minimum absolute atomic E-state index is 0.210. The molecule has 0 aromatic heterocycles. The monoisotopic (exact) mass is 269 g/mol. The first-order chi connectivity index (χ1) is 9.79. The van der Waals surface area contributed by atoms with Crippen LogP contribution in [0, 0.1) is 0 Å². The third kappa shape index (κ3) is 4.39. The Balaban J connectivity index is 1.78. The predicted molar refractivity (Wildman–Crippen MR) is 85.2 cm³/mol. The topological polar surface area (TPSA) is 32.3 Å². The van der Waals surface area contributed by atoms with Crippen LogP contribution in [0.15, 0.2) is 54.6 Å². The van der Waals surface area contributed by atoms with Crippen molar-refractivity contribution in [2.75, 3.05) is 18.5 Å². The Labute approximate surface area is 121 Å². The average Bonchev–Trinajstić information content (AvgIpc) is 2.50. The summed E-state index contributed by atoms with van der Waals surface area (Å²) in [6.45, 7) is 3.44. The molecule has 2 aromatic carbocycles. The summed E-state index contributed by atoms with van der Waals surface area (Å²) in [5.41, 5.74) is 3.72. The van der Waals surface area contributed by atoms with Crippen LogP contribution in [-0.2, 0) is 6.42 Å². The second-order valence-electron chi connectivity index (χ2n) is 5.20. The van der Waals surface area contributed by atoms with Gasteiger partial charge < -0.3 is 10.4 Å². The lowest BCUT2D eigenvalue weighted by molar-refractivity contribution is 0.299. The van der Waals surface area contributed by atoms with Crippen molar-refractivity contribution in [3.8, 4) is 0 Å². The van der Waals surface area contributed by atoms with E-state index >= 15 is 0 Å². The van der Waals surface area contributed by atoms with Gasteiger partial charge in [0.2, 0.25) is 0 Å². The highest BCUT2D eigenvalue weighted by Crippen LogP contribution is 2.18. The molecule has 0 heterocycles. The molecular formula is C18H23NO. The smallest absolute Gasteiger partial charge is 0.0471 e. The number of hydrogen-bond donors (Lipinski definition) is 2. The van der Waals surface area contributed by atoms with E-state index in [1.54, 1.807) is 0 Å². The molecular weight excluding hydrogens is 246 g/mol. The Bertz CT molecular complexity index is 493. The summed E-state index contributed by atoms with van der Waals surface area (Å²) in [5, 5.41) is 12.3. The number of anilines is 1. The van der Waals surface area contributed by atoms with Gasteiger partial charge >= 0.3 is 0 Å².